The molecule has 2 N–H and O–H groups in total. The molecule has 7 nitrogen and oxygen atoms in total. The minimum absolute atomic E-state index is 0.0236. The average molecular weight is 352 g/mol. The molecular formula is C18H28N2O5. The molecule has 140 valence electrons. The van der Waals surface area contributed by atoms with Crippen LogP contribution in [0.2, 0.25) is 0 Å². The van der Waals surface area contributed by atoms with Crippen molar-refractivity contribution in [1.29, 1.82) is 0 Å². The highest BCUT2D eigenvalue weighted by Gasteiger charge is 2.20. The zero-order chi connectivity index (χ0) is 18.3. The highest BCUT2D eigenvalue weighted by Crippen LogP contribution is 2.29. The molecule has 25 heavy (non-hydrogen) atoms. The number of ether oxygens (including phenoxy) is 1. The third-order valence-electron chi connectivity index (χ3n) is 4.52. The maximum Gasteiger partial charge on any atom is 0.294 e. The summed E-state index contributed by atoms with van der Waals surface area (Å²) >= 11 is 0. The zero-order valence-electron chi connectivity index (χ0n) is 15.0. The molecule has 0 saturated heterocycles. The minimum atomic E-state index is -0.792. The third kappa shape index (κ3) is 6.51. The lowest BCUT2D eigenvalue weighted by Crippen LogP contribution is -2.45. The Bertz CT molecular complexity index is 577. The summed E-state index contributed by atoms with van der Waals surface area (Å²) in [6, 6.07) is 6.11. The van der Waals surface area contributed by atoms with Gasteiger partial charge in [-0.25, -0.2) is 0 Å². The van der Waals surface area contributed by atoms with Gasteiger partial charge in [-0.2, -0.15) is 0 Å². The smallest absolute Gasteiger partial charge is 0.294 e. The Morgan fingerprint density at radius 1 is 1.36 bits per heavy atom. The number of nitrogens with one attached hydrogen (secondary N) is 1. The second kappa shape index (κ2) is 9.01. The number of aryl methyl sites for hydroxylation is 1. The van der Waals surface area contributed by atoms with Crippen LogP contribution in [0.15, 0.2) is 18.2 Å². The van der Waals surface area contributed by atoms with Gasteiger partial charge in [0.25, 0.3) is 5.09 Å². The fourth-order valence-corrected chi connectivity index (χ4v) is 2.98. The molecule has 1 unspecified atom stereocenters. The molecule has 1 aliphatic rings. The first-order valence-electron chi connectivity index (χ1n) is 8.81. The predicted molar refractivity (Wildman–Crippen MR) is 94.2 cm³/mol. The Balaban J connectivity index is 1.75. The molecular weight excluding hydrogens is 324 g/mol. The molecule has 0 aliphatic heterocycles. The lowest BCUT2D eigenvalue weighted by molar-refractivity contribution is -0.758. The Morgan fingerprint density at radius 2 is 2.12 bits per heavy atom. The van der Waals surface area contributed by atoms with Crippen molar-refractivity contribution in [3.8, 4) is 5.75 Å². The molecule has 0 spiro atoms. The van der Waals surface area contributed by atoms with Crippen LogP contribution in [0.4, 0.5) is 0 Å². The van der Waals surface area contributed by atoms with Crippen LogP contribution in [0.1, 0.15) is 44.2 Å². The van der Waals surface area contributed by atoms with Crippen molar-refractivity contribution in [2.75, 3.05) is 19.8 Å². The summed E-state index contributed by atoms with van der Waals surface area (Å²) in [5, 5.41) is 22.8. The quantitative estimate of drug-likeness (QED) is 0.496. The van der Waals surface area contributed by atoms with Crippen LogP contribution in [0.5, 0.6) is 5.75 Å². The zero-order valence-corrected chi connectivity index (χ0v) is 15.0. The normalized spacial score (nSPS) is 15.3. The topological polar surface area (TPSA) is 93.9 Å². The fourth-order valence-electron chi connectivity index (χ4n) is 2.98. The summed E-state index contributed by atoms with van der Waals surface area (Å²) in [6.07, 6.45) is 4.33. The predicted octanol–water partition coefficient (Wildman–Crippen LogP) is 2.27. The third-order valence-corrected chi connectivity index (χ3v) is 4.52. The highest BCUT2D eigenvalue weighted by molar-refractivity contribution is 5.41. The summed E-state index contributed by atoms with van der Waals surface area (Å²) in [7, 11) is 0. The first-order valence-corrected chi connectivity index (χ1v) is 8.81. The lowest BCUT2D eigenvalue weighted by Gasteiger charge is -2.27. The van der Waals surface area contributed by atoms with E-state index in [4.69, 9.17) is 4.74 Å². The molecule has 0 radical (unpaired) electrons. The molecule has 1 aliphatic carbocycles. The van der Waals surface area contributed by atoms with Gasteiger partial charge in [-0.15, -0.1) is 10.1 Å². The van der Waals surface area contributed by atoms with Crippen LogP contribution in [0.25, 0.3) is 0 Å². The first kappa shape index (κ1) is 19.5. The SMILES string of the molecule is CC(C)(CCO[N+](=O)[O-])NCC(O)COc1cccc2c1CCCC2. The molecule has 1 atom stereocenters. The Hall–Kier alpha value is -1.86. The van der Waals surface area contributed by atoms with E-state index >= 15 is 0 Å². The van der Waals surface area contributed by atoms with Gasteiger partial charge < -0.3 is 20.0 Å². The van der Waals surface area contributed by atoms with Crippen LogP contribution < -0.4 is 10.1 Å². The summed E-state index contributed by atoms with van der Waals surface area (Å²) < 4.78 is 5.84. The van der Waals surface area contributed by atoms with E-state index in [-0.39, 0.29) is 18.8 Å². The number of aliphatic hydroxyl groups excluding tert-OH is 1. The second-order valence-electron chi connectivity index (χ2n) is 7.14. The molecule has 0 heterocycles. The number of β-amino-alcohol motifs (C(OH)–C–C–N with tert-alkyl or cyclic N) is 1. The van der Waals surface area contributed by atoms with Gasteiger partial charge in [-0.05, 0) is 63.1 Å². The Morgan fingerprint density at radius 3 is 2.88 bits per heavy atom. The summed E-state index contributed by atoms with van der Waals surface area (Å²) in [4.78, 5) is 14.5. The molecule has 0 amide bonds. The first-order chi connectivity index (χ1) is 11.9. The number of hydrogen-bond acceptors (Lipinski definition) is 6. The van der Waals surface area contributed by atoms with Crippen LogP contribution in [-0.4, -0.2) is 41.6 Å². The van der Waals surface area contributed by atoms with E-state index in [1.165, 1.54) is 24.0 Å². The van der Waals surface area contributed by atoms with Gasteiger partial charge in [0.1, 0.15) is 18.5 Å². The summed E-state index contributed by atoms with van der Waals surface area (Å²) in [5.74, 6) is 0.870. The number of aliphatic hydroxyl groups is 1. The molecule has 0 bridgehead atoms. The van der Waals surface area contributed by atoms with Crippen molar-refractivity contribution in [3.05, 3.63) is 39.4 Å². The number of fused-ring (bicyclic) bond motifs is 1. The van der Waals surface area contributed by atoms with Crippen molar-refractivity contribution < 1.29 is 19.8 Å². The number of nitrogens with zero attached hydrogens (tertiary/aromatic N) is 1. The van der Waals surface area contributed by atoms with E-state index in [1.807, 2.05) is 26.0 Å². The maximum absolute atomic E-state index is 10.2. The van der Waals surface area contributed by atoms with Gasteiger partial charge in [0.05, 0.1) is 6.61 Å². The van der Waals surface area contributed by atoms with E-state index in [0.717, 1.165) is 18.6 Å². The van der Waals surface area contributed by atoms with Crippen molar-refractivity contribution in [1.82, 2.24) is 5.32 Å². The van der Waals surface area contributed by atoms with Gasteiger partial charge in [0.15, 0.2) is 0 Å². The van der Waals surface area contributed by atoms with E-state index in [0.29, 0.717) is 13.0 Å². The van der Waals surface area contributed by atoms with E-state index < -0.39 is 11.2 Å². The van der Waals surface area contributed by atoms with Gasteiger partial charge in [0, 0.05) is 12.1 Å². The molecule has 0 saturated carbocycles. The van der Waals surface area contributed by atoms with E-state index in [1.54, 1.807) is 0 Å². The molecule has 2 rings (SSSR count). The minimum Gasteiger partial charge on any atom is -0.491 e. The standard InChI is InChI=1S/C18H28N2O5/c1-18(2,10-11-25-20(22)23)19-12-15(21)13-24-17-9-5-7-14-6-3-4-8-16(14)17/h5,7,9,15,19,21H,3-4,6,8,10-13H2,1-2H3. The van der Waals surface area contributed by atoms with Crippen LogP contribution in [0, 0.1) is 10.1 Å². The van der Waals surface area contributed by atoms with Gasteiger partial charge in [0.2, 0.25) is 0 Å². The van der Waals surface area contributed by atoms with Gasteiger partial charge in [-0.1, -0.05) is 12.1 Å². The van der Waals surface area contributed by atoms with Crippen LogP contribution in [0.3, 0.4) is 0 Å². The van der Waals surface area contributed by atoms with Crippen LogP contribution in [-0.2, 0) is 17.7 Å². The highest BCUT2D eigenvalue weighted by atomic mass is 16.9. The Labute approximate surface area is 148 Å². The molecule has 0 fully saturated rings. The second-order valence-corrected chi connectivity index (χ2v) is 7.14. The number of benzene rings is 1. The van der Waals surface area contributed by atoms with Crippen LogP contribution >= 0.6 is 0 Å². The monoisotopic (exact) mass is 352 g/mol. The van der Waals surface area contributed by atoms with Gasteiger partial charge in [-0.3, -0.25) is 0 Å². The average Bonchev–Trinajstić information content (AvgIpc) is 2.57. The maximum atomic E-state index is 10.2. The molecule has 7 heteroatoms. The number of hydrogen-bond donors (Lipinski definition) is 2. The van der Waals surface area contributed by atoms with Crippen molar-refractivity contribution in [2.45, 2.75) is 57.6 Å². The van der Waals surface area contributed by atoms with Gasteiger partial charge >= 0.3 is 0 Å². The molecule has 1 aromatic rings. The van der Waals surface area contributed by atoms with Crippen molar-refractivity contribution in [3.63, 3.8) is 0 Å². The van der Waals surface area contributed by atoms with Crippen molar-refractivity contribution >= 4 is 0 Å². The number of rotatable bonds is 10. The largest absolute Gasteiger partial charge is 0.491 e. The van der Waals surface area contributed by atoms with Crippen molar-refractivity contribution in [2.24, 2.45) is 0 Å². The molecule has 1 aromatic carbocycles. The van der Waals surface area contributed by atoms with E-state index in [9.17, 15) is 15.2 Å². The van der Waals surface area contributed by atoms with E-state index in [2.05, 4.69) is 16.2 Å². The summed E-state index contributed by atoms with van der Waals surface area (Å²) in [5.41, 5.74) is 2.25. The fraction of sp³-hybridized carbons (Fsp3) is 0.667. The Kier molecular flexibility index (Phi) is 7.01. The lowest BCUT2D eigenvalue weighted by atomic mass is 9.91. The molecule has 0 aromatic heterocycles. The summed E-state index contributed by atoms with van der Waals surface area (Å²) in [6.45, 7) is 4.41.